The molecule has 0 amide bonds. The van der Waals surface area contributed by atoms with E-state index in [2.05, 4.69) is 0 Å². The van der Waals surface area contributed by atoms with E-state index in [-0.39, 0.29) is 0 Å². The van der Waals surface area contributed by atoms with Gasteiger partial charge in [-0.25, -0.2) is 8.42 Å². The maximum absolute atomic E-state index is 13.0. The van der Waals surface area contributed by atoms with Crippen LogP contribution in [0.15, 0.2) is 30.3 Å². The lowest BCUT2D eigenvalue weighted by atomic mass is 9.91. The zero-order valence-electron chi connectivity index (χ0n) is 14.7. The van der Waals surface area contributed by atoms with Gasteiger partial charge in [-0.3, -0.25) is 0 Å². The van der Waals surface area contributed by atoms with E-state index in [4.69, 9.17) is 0 Å². The first kappa shape index (κ1) is 21.2. The molecule has 0 bridgehead atoms. The first-order valence-electron chi connectivity index (χ1n) is 7.76. The molecule has 2 aromatic carbocycles. The molecule has 0 aliphatic rings. The minimum absolute atomic E-state index is 0.494. The first-order valence-corrected chi connectivity index (χ1v) is 10.3. The summed E-state index contributed by atoms with van der Waals surface area (Å²) in [5.74, 6) is 0. The van der Waals surface area contributed by atoms with Gasteiger partial charge in [0.15, 0.2) is 0 Å². The van der Waals surface area contributed by atoms with Crippen molar-refractivity contribution in [2.24, 2.45) is 0 Å². The molecule has 2 aromatic rings. The molecule has 142 valence electrons. The van der Waals surface area contributed by atoms with Gasteiger partial charge in [0.25, 0.3) is 0 Å². The number of rotatable bonds is 4. The Morgan fingerprint density at radius 1 is 0.962 bits per heavy atom. The van der Waals surface area contributed by atoms with Gasteiger partial charge in [-0.1, -0.05) is 29.8 Å². The maximum atomic E-state index is 13.0. The van der Waals surface area contributed by atoms with Crippen molar-refractivity contribution in [3.8, 4) is 0 Å². The van der Waals surface area contributed by atoms with Gasteiger partial charge in [-0.15, -0.1) is 0 Å². The summed E-state index contributed by atoms with van der Waals surface area (Å²) in [4.78, 5) is 0. The fraction of sp³-hybridized carbons (Fsp3) is 0.333. The maximum Gasteiger partial charge on any atom is 0.511 e. The number of aryl methyl sites for hydroxylation is 4. The van der Waals surface area contributed by atoms with E-state index in [0.29, 0.717) is 14.7 Å². The van der Waals surface area contributed by atoms with Crippen molar-refractivity contribution < 1.29 is 21.6 Å². The van der Waals surface area contributed by atoms with Crippen LogP contribution < -0.4 is 4.72 Å². The Morgan fingerprint density at radius 3 is 2.04 bits per heavy atom. The predicted octanol–water partition coefficient (Wildman–Crippen LogP) is 5.05. The van der Waals surface area contributed by atoms with E-state index in [1.807, 2.05) is 59.4 Å². The number of nitrogens with one attached hydrogen (secondary N) is 1. The molecule has 0 saturated carbocycles. The number of hydrogen-bond acceptors (Lipinski definition) is 2. The van der Waals surface area contributed by atoms with Gasteiger partial charge < -0.3 is 0 Å². The fourth-order valence-corrected chi connectivity index (χ4v) is 4.86. The standard InChI is InChI=1S/C18H19F3INO2S/c1-10-5-6-14(12(3)7-10)17(23-26(24,25)18(19,20)21)16-13(4)8-11(2)9-15(16)22/h5-9,17,23H,1-4H3/t17-/m1/s1. The summed E-state index contributed by atoms with van der Waals surface area (Å²) in [5.41, 5.74) is -1.02. The molecule has 0 fully saturated rings. The summed E-state index contributed by atoms with van der Waals surface area (Å²) in [6.07, 6.45) is 0. The molecule has 0 aromatic heterocycles. The minimum Gasteiger partial charge on any atom is -0.203 e. The molecule has 1 N–H and O–H groups in total. The minimum atomic E-state index is -5.52. The molecule has 0 aliphatic heterocycles. The fourth-order valence-electron chi connectivity index (χ4n) is 2.94. The van der Waals surface area contributed by atoms with Crippen LogP contribution in [-0.2, 0) is 10.0 Å². The van der Waals surface area contributed by atoms with Crippen LogP contribution in [-0.4, -0.2) is 13.9 Å². The third-order valence-electron chi connectivity index (χ3n) is 4.08. The van der Waals surface area contributed by atoms with Crippen molar-refractivity contribution in [1.82, 2.24) is 4.72 Å². The van der Waals surface area contributed by atoms with E-state index < -0.39 is 21.6 Å². The summed E-state index contributed by atoms with van der Waals surface area (Å²) in [7, 11) is -5.52. The van der Waals surface area contributed by atoms with Crippen molar-refractivity contribution in [2.75, 3.05) is 0 Å². The van der Waals surface area contributed by atoms with Crippen LogP contribution in [0.1, 0.15) is 39.4 Å². The average Bonchev–Trinajstić information content (AvgIpc) is 2.43. The third kappa shape index (κ3) is 4.40. The monoisotopic (exact) mass is 497 g/mol. The highest BCUT2D eigenvalue weighted by Gasteiger charge is 2.47. The van der Waals surface area contributed by atoms with E-state index in [1.54, 1.807) is 26.0 Å². The third-order valence-corrected chi connectivity index (χ3v) is 6.13. The smallest absolute Gasteiger partial charge is 0.203 e. The van der Waals surface area contributed by atoms with Crippen LogP contribution in [0.5, 0.6) is 0 Å². The highest BCUT2D eigenvalue weighted by Crippen LogP contribution is 2.35. The summed E-state index contributed by atoms with van der Waals surface area (Å²) in [6, 6.07) is 7.77. The zero-order valence-corrected chi connectivity index (χ0v) is 17.7. The Balaban J connectivity index is 2.72. The van der Waals surface area contributed by atoms with Crippen LogP contribution in [0.25, 0.3) is 0 Å². The van der Waals surface area contributed by atoms with E-state index in [1.165, 1.54) is 0 Å². The predicted molar refractivity (Wildman–Crippen MR) is 105 cm³/mol. The van der Waals surface area contributed by atoms with Gasteiger partial charge in [-0.2, -0.15) is 17.9 Å². The SMILES string of the molecule is Cc1ccc([C@@H](NS(=O)(=O)C(F)(F)F)c2c(C)cc(C)cc2I)c(C)c1. The topological polar surface area (TPSA) is 46.2 Å². The van der Waals surface area contributed by atoms with Crippen LogP contribution in [0, 0.1) is 31.3 Å². The molecule has 26 heavy (non-hydrogen) atoms. The van der Waals surface area contributed by atoms with Gasteiger partial charge >= 0.3 is 15.5 Å². The number of benzene rings is 2. The summed E-state index contributed by atoms with van der Waals surface area (Å²) < 4.78 is 65.3. The van der Waals surface area contributed by atoms with E-state index in [0.717, 1.165) is 22.3 Å². The van der Waals surface area contributed by atoms with Crippen molar-refractivity contribution in [3.05, 3.63) is 67.3 Å². The summed E-state index contributed by atoms with van der Waals surface area (Å²) in [5, 5.41) is 0. The lowest BCUT2D eigenvalue weighted by molar-refractivity contribution is -0.0450. The van der Waals surface area contributed by atoms with Gasteiger partial charge in [0.05, 0.1) is 6.04 Å². The molecule has 3 nitrogen and oxygen atoms in total. The highest BCUT2D eigenvalue weighted by molar-refractivity contribution is 14.1. The van der Waals surface area contributed by atoms with Gasteiger partial charge in [0.1, 0.15) is 0 Å². The Kier molecular flexibility index (Phi) is 6.09. The lowest BCUT2D eigenvalue weighted by Gasteiger charge is -2.25. The molecule has 0 unspecified atom stereocenters. The van der Waals surface area contributed by atoms with E-state index >= 15 is 0 Å². The van der Waals surface area contributed by atoms with Gasteiger partial charge in [-0.05, 0) is 84.2 Å². The number of alkyl halides is 3. The Morgan fingerprint density at radius 2 is 1.54 bits per heavy atom. The van der Waals surface area contributed by atoms with Crippen molar-refractivity contribution >= 4 is 32.6 Å². The second-order valence-corrected chi connectivity index (χ2v) is 9.21. The second-order valence-electron chi connectivity index (χ2n) is 6.34. The number of halogens is 4. The van der Waals surface area contributed by atoms with Crippen molar-refractivity contribution in [3.63, 3.8) is 0 Å². The summed E-state index contributed by atoms with van der Waals surface area (Å²) in [6.45, 7) is 7.27. The molecular weight excluding hydrogens is 478 g/mol. The molecule has 0 radical (unpaired) electrons. The summed E-state index contributed by atoms with van der Waals surface area (Å²) >= 11 is 2.03. The molecule has 0 aliphatic carbocycles. The van der Waals surface area contributed by atoms with Crippen molar-refractivity contribution in [2.45, 2.75) is 39.2 Å². The first-order chi connectivity index (χ1) is 11.8. The normalized spacial score (nSPS) is 13.7. The van der Waals surface area contributed by atoms with E-state index in [9.17, 15) is 21.6 Å². The molecule has 0 spiro atoms. The number of sulfonamides is 1. The molecule has 0 saturated heterocycles. The van der Waals surface area contributed by atoms with Crippen LogP contribution in [0.4, 0.5) is 13.2 Å². The average molecular weight is 497 g/mol. The molecule has 8 heteroatoms. The molecular formula is C18H19F3INO2S. The van der Waals surface area contributed by atoms with Gasteiger partial charge in [0.2, 0.25) is 0 Å². The number of hydrogen-bond donors (Lipinski definition) is 1. The quantitative estimate of drug-likeness (QED) is 0.601. The Bertz CT molecular complexity index is 917. The Hall–Kier alpha value is -1.13. The van der Waals surface area contributed by atoms with Crippen LogP contribution in [0.3, 0.4) is 0 Å². The van der Waals surface area contributed by atoms with Gasteiger partial charge in [0, 0.05) is 3.57 Å². The molecule has 0 heterocycles. The molecule has 1 atom stereocenters. The Labute approximate surface area is 165 Å². The zero-order chi connectivity index (χ0) is 19.9. The largest absolute Gasteiger partial charge is 0.511 e. The van der Waals surface area contributed by atoms with Crippen LogP contribution in [0.2, 0.25) is 0 Å². The van der Waals surface area contributed by atoms with Crippen LogP contribution >= 0.6 is 22.6 Å². The lowest BCUT2D eigenvalue weighted by Crippen LogP contribution is -2.39. The second kappa shape index (κ2) is 7.47. The van der Waals surface area contributed by atoms with Crippen molar-refractivity contribution in [1.29, 1.82) is 0 Å². The highest BCUT2D eigenvalue weighted by atomic mass is 127. The molecule has 2 rings (SSSR count).